The molecule has 43 heavy (non-hydrogen) atoms. The average Bonchev–Trinajstić information content (AvgIpc) is 3.58. The van der Waals surface area contributed by atoms with Gasteiger partial charge >= 0.3 is 0 Å². The number of halogens is 1. The maximum absolute atomic E-state index is 14.0. The molecular weight excluding hydrogens is 590 g/mol. The molecule has 3 aromatic rings. The molecule has 2 aromatic carbocycles. The van der Waals surface area contributed by atoms with Crippen LogP contribution >= 0.6 is 23.4 Å². The van der Waals surface area contributed by atoms with Gasteiger partial charge in [-0.15, -0.1) is 11.8 Å². The van der Waals surface area contributed by atoms with Gasteiger partial charge in [0.05, 0.1) is 27.4 Å². The van der Waals surface area contributed by atoms with E-state index in [0.29, 0.717) is 54.2 Å². The van der Waals surface area contributed by atoms with Gasteiger partial charge in [0.2, 0.25) is 24.5 Å². The van der Waals surface area contributed by atoms with Gasteiger partial charge in [0.25, 0.3) is 0 Å². The van der Waals surface area contributed by atoms with E-state index in [1.165, 1.54) is 18.7 Å². The average molecular weight is 624 g/mol. The molecule has 10 nitrogen and oxygen atoms in total. The van der Waals surface area contributed by atoms with Gasteiger partial charge in [0.15, 0.2) is 11.5 Å². The lowest BCUT2D eigenvalue weighted by Gasteiger charge is -2.35. The minimum absolute atomic E-state index is 0.00984. The first kappa shape index (κ1) is 29.4. The number of piperazine rings is 1. The molecule has 0 bridgehead atoms. The number of amides is 3. The zero-order valence-corrected chi connectivity index (χ0v) is 26.2. The summed E-state index contributed by atoms with van der Waals surface area (Å²) in [5.74, 6) is 1.64. The van der Waals surface area contributed by atoms with Crippen molar-refractivity contribution in [2.45, 2.75) is 38.4 Å². The smallest absolute Gasteiger partial charge is 0.242 e. The molecule has 226 valence electrons. The van der Waals surface area contributed by atoms with Crippen LogP contribution in [0.2, 0.25) is 5.02 Å². The molecule has 4 heterocycles. The van der Waals surface area contributed by atoms with Crippen LogP contribution in [0.4, 0.5) is 5.82 Å². The highest BCUT2D eigenvalue weighted by Gasteiger charge is 2.41. The Bertz CT molecular complexity index is 1590. The first-order chi connectivity index (χ1) is 20.5. The van der Waals surface area contributed by atoms with E-state index in [1.54, 1.807) is 25.4 Å². The first-order valence-corrected chi connectivity index (χ1v) is 15.7. The number of rotatable bonds is 4. The largest absolute Gasteiger partial charge is 0.454 e. The highest BCUT2D eigenvalue weighted by atomic mass is 35.5. The Kier molecular flexibility index (Phi) is 7.80. The van der Waals surface area contributed by atoms with Gasteiger partial charge in [0, 0.05) is 44.1 Å². The van der Waals surface area contributed by atoms with E-state index >= 15 is 0 Å². The monoisotopic (exact) mass is 623 g/mol. The molecule has 1 atom stereocenters. The van der Waals surface area contributed by atoms with Crippen molar-refractivity contribution in [1.82, 2.24) is 19.6 Å². The maximum Gasteiger partial charge on any atom is 0.242 e. The summed E-state index contributed by atoms with van der Waals surface area (Å²) in [5, 5.41) is 5.31. The standard InChI is InChI=1S/C31H34ClN5O5S/c1-19(38)34-11-13-35(14-12-34)25(39)16-36-26(40)17-43-28(20-9-10-23-24(15-20)42-18-41-23)27-29(31(2,3)4)33-37(30(27)36)22-8-6-5-7-21(22)32/h5-10,15,28H,11-14,16-18H2,1-4H3/t28-/m1/s1. The van der Waals surface area contributed by atoms with Gasteiger partial charge in [-0.2, -0.15) is 5.10 Å². The fourth-order valence-corrected chi connectivity index (χ4v) is 7.11. The normalized spacial score (nSPS) is 18.5. The summed E-state index contributed by atoms with van der Waals surface area (Å²) in [6, 6.07) is 13.2. The summed E-state index contributed by atoms with van der Waals surface area (Å²) in [5.41, 5.74) is 2.82. The van der Waals surface area contributed by atoms with Crippen LogP contribution in [-0.2, 0) is 19.8 Å². The van der Waals surface area contributed by atoms with Gasteiger partial charge in [-0.05, 0) is 29.8 Å². The maximum atomic E-state index is 14.0. The van der Waals surface area contributed by atoms with E-state index in [9.17, 15) is 14.4 Å². The van der Waals surface area contributed by atoms with E-state index in [1.807, 2.05) is 36.4 Å². The summed E-state index contributed by atoms with van der Waals surface area (Å²) in [4.78, 5) is 44.6. The highest BCUT2D eigenvalue weighted by molar-refractivity contribution is 8.00. The minimum Gasteiger partial charge on any atom is -0.454 e. The molecule has 0 unspecified atom stereocenters. The number of hydrogen-bond donors (Lipinski definition) is 0. The van der Waals surface area contributed by atoms with Gasteiger partial charge in [-0.3, -0.25) is 19.3 Å². The quantitative estimate of drug-likeness (QED) is 0.425. The second kappa shape index (κ2) is 11.4. The molecule has 0 saturated carbocycles. The first-order valence-electron chi connectivity index (χ1n) is 14.3. The third-order valence-corrected chi connectivity index (χ3v) is 9.52. The summed E-state index contributed by atoms with van der Waals surface area (Å²) in [6.45, 7) is 9.57. The zero-order valence-electron chi connectivity index (χ0n) is 24.6. The van der Waals surface area contributed by atoms with E-state index in [-0.39, 0.29) is 42.1 Å². The lowest BCUT2D eigenvalue weighted by Crippen LogP contribution is -2.53. The highest BCUT2D eigenvalue weighted by Crippen LogP contribution is 2.50. The van der Waals surface area contributed by atoms with E-state index in [0.717, 1.165) is 16.8 Å². The molecule has 3 amide bonds. The predicted octanol–water partition coefficient (Wildman–Crippen LogP) is 4.41. The summed E-state index contributed by atoms with van der Waals surface area (Å²) < 4.78 is 13.0. The van der Waals surface area contributed by atoms with Crippen molar-refractivity contribution in [3.63, 3.8) is 0 Å². The Labute approximate surface area is 259 Å². The molecule has 12 heteroatoms. The lowest BCUT2D eigenvalue weighted by atomic mass is 9.87. The Morgan fingerprint density at radius 3 is 2.42 bits per heavy atom. The van der Waals surface area contributed by atoms with Crippen molar-refractivity contribution < 1.29 is 23.9 Å². The number of anilines is 1. The van der Waals surface area contributed by atoms with Crippen molar-refractivity contribution in [3.05, 3.63) is 64.3 Å². The van der Waals surface area contributed by atoms with Gasteiger partial charge in [-0.1, -0.05) is 50.6 Å². The van der Waals surface area contributed by atoms with Gasteiger partial charge in [-0.25, -0.2) is 4.68 Å². The Hall–Kier alpha value is -3.70. The Morgan fingerprint density at radius 1 is 1.02 bits per heavy atom. The number of aromatic nitrogens is 2. The number of para-hydroxylation sites is 1. The third-order valence-electron chi connectivity index (χ3n) is 7.95. The van der Waals surface area contributed by atoms with Crippen LogP contribution in [-0.4, -0.2) is 82.6 Å². The number of hydrogen-bond acceptors (Lipinski definition) is 7. The molecule has 1 fully saturated rings. The Balaban J connectivity index is 1.49. The van der Waals surface area contributed by atoms with E-state index < -0.39 is 5.41 Å². The van der Waals surface area contributed by atoms with E-state index in [2.05, 4.69) is 20.8 Å². The number of carbonyl (C=O) groups excluding carboxylic acids is 3. The van der Waals surface area contributed by atoms with Crippen molar-refractivity contribution in [3.8, 4) is 17.2 Å². The minimum atomic E-state index is -0.405. The molecule has 3 aliphatic rings. The molecule has 3 aliphatic heterocycles. The van der Waals surface area contributed by atoms with Crippen LogP contribution in [0.3, 0.4) is 0 Å². The van der Waals surface area contributed by atoms with Crippen LogP contribution in [0.15, 0.2) is 42.5 Å². The van der Waals surface area contributed by atoms with Crippen LogP contribution < -0.4 is 14.4 Å². The number of nitrogens with zero attached hydrogens (tertiary/aromatic N) is 5. The molecule has 0 radical (unpaired) electrons. The second-order valence-electron chi connectivity index (χ2n) is 11.9. The van der Waals surface area contributed by atoms with Gasteiger partial charge < -0.3 is 19.3 Å². The number of fused-ring (bicyclic) bond motifs is 2. The zero-order chi connectivity index (χ0) is 30.5. The summed E-state index contributed by atoms with van der Waals surface area (Å²) in [7, 11) is 0. The summed E-state index contributed by atoms with van der Waals surface area (Å²) >= 11 is 8.23. The van der Waals surface area contributed by atoms with E-state index in [4.69, 9.17) is 26.2 Å². The van der Waals surface area contributed by atoms with Crippen LogP contribution in [0.1, 0.15) is 49.8 Å². The number of carbonyl (C=O) groups is 3. The second-order valence-corrected chi connectivity index (χ2v) is 13.4. The van der Waals surface area contributed by atoms with Gasteiger partial charge in [0.1, 0.15) is 12.4 Å². The number of benzene rings is 2. The predicted molar refractivity (Wildman–Crippen MR) is 165 cm³/mol. The molecule has 1 saturated heterocycles. The van der Waals surface area contributed by atoms with Crippen molar-refractivity contribution >= 4 is 46.9 Å². The Morgan fingerprint density at radius 2 is 1.72 bits per heavy atom. The lowest BCUT2D eigenvalue weighted by molar-refractivity contribution is -0.137. The fraction of sp³-hybridized carbons (Fsp3) is 0.419. The van der Waals surface area contributed by atoms with Crippen molar-refractivity contribution in [2.75, 3.05) is 50.2 Å². The van der Waals surface area contributed by atoms with Crippen molar-refractivity contribution in [2.24, 2.45) is 0 Å². The third kappa shape index (κ3) is 5.56. The number of thioether (sulfide) groups is 1. The molecule has 1 aromatic heterocycles. The molecular formula is C31H34ClN5O5S. The topological polar surface area (TPSA) is 97.2 Å². The molecule has 6 rings (SSSR count). The molecule has 0 aliphatic carbocycles. The van der Waals surface area contributed by atoms with Crippen LogP contribution in [0.5, 0.6) is 11.5 Å². The van der Waals surface area contributed by atoms with Crippen LogP contribution in [0, 0.1) is 0 Å². The number of ether oxygens (including phenoxy) is 2. The fourth-order valence-electron chi connectivity index (χ4n) is 5.71. The molecule has 0 spiro atoms. The molecule has 0 N–H and O–H groups in total. The summed E-state index contributed by atoms with van der Waals surface area (Å²) in [6.07, 6.45) is 0. The van der Waals surface area contributed by atoms with Crippen molar-refractivity contribution in [1.29, 1.82) is 0 Å². The van der Waals surface area contributed by atoms with Crippen LogP contribution in [0.25, 0.3) is 5.69 Å². The SMILES string of the molecule is CC(=O)N1CCN(C(=O)CN2C(=O)CS[C@H](c3ccc4c(c3)OCO4)c3c(C(C)(C)C)nn(-c4ccccc4Cl)c32)CC1.